The third-order valence-corrected chi connectivity index (χ3v) is 0.747. The van der Waals surface area contributed by atoms with Crippen LogP contribution in [-0.2, 0) is 55.8 Å². The number of hydrogen-bond acceptors (Lipinski definition) is 2. The molecular weight excluding hydrogens is 279 g/mol. The van der Waals surface area contributed by atoms with Crippen molar-refractivity contribution >= 4 is 20.4 Å². The van der Waals surface area contributed by atoms with Crippen LogP contribution in [0.1, 0.15) is 0 Å². The maximum absolute atomic E-state index is 9.82. The van der Waals surface area contributed by atoms with Crippen LogP contribution in [-0.4, -0.2) is 12.9 Å². The van der Waals surface area contributed by atoms with E-state index in [2.05, 4.69) is 25.0 Å². The first-order valence-corrected chi connectivity index (χ1v) is 4.56. The monoisotopic (exact) mass is 292 g/mol. The Bertz CT molecular complexity index is 72.7. The van der Waals surface area contributed by atoms with Crippen molar-refractivity contribution in [3.8, 4) is 0 Å². The summed E-state index contributed by atoms with van der Waals surface area (Å²) in [6.45, 7) is 4.76. The first-order valence-electron chi connectivity index (χ1n) is 1.75. The molecule has 0 amide bonds. The first kappa shape index (κ1) is 29.6. The van der Waals surface area contributed by atoms with E-state index in [9.17, 15) is 4.57 Å². The van der Waals surface area contributed by atoms with Crippen molar-refractivity contribution in [2.75, 3.05) is 12.9 Å². The van der Waals surface area contributed by atoms with E-state index in [-0.39, 0.29) is 58.7 Å². The third-order valence-electron chi connectivity index (χ3n) is 0.249. The zero-order chi connectivity index (χ0) is 6.28. The summed E-state index contributed by atoms with van der Waals surface area (Å²) in [6.07, 6.45) is 1.69. The molecule has 0 bridgehead atoms. The van der Waals surface area contributed by atoms with Gasteiger partial charge in [-0.2, -0.15) is 12.6 Å². The van der Waals surface area contributed by atoms with Crippen LogP contribution in [0.4, 0.5) is 0 Å². The molecule has 0 spiro atoms. The van der Waals surface area contributed by atoms with Gasteiger partial charge in [-0.3, -0.25) is 6.58 Å². The van der Waals surface area contributed by atoms with Crippen LogP contribution in [0.3, 0.4) is 0 Å². The van der Waals surface area contributed by atoms with Crippen LogP contribution in [0.5, 0.6) is 0 Å². The molecule has 0 aromatic carbocycles. The first-order chi connectivity index (χ1) is 3.27. The average Bonchev–Trinajstić information content (AvgIpc) is 1.73. The van der Waals surface area contributed by atoms with E-state index >= 15 is 0 Å². The minimum absolute atomic E-state index is 0. The van der Waals surface area contributed by atoms with Crippen molar-refractivity contribution < 1.29 is 55.8 Å². The van der Waals surface area contributed by atoms with E-state index in [4.69, 9.17) is 0 Å². The molecule has 0 rings (SSSR count). The maximum atomic E-state index is 9.82. The fourth-order valence-electron chi connectivity index (χ4n) is 0. The number of thiol groups is 1. The zero-order valence-electron chi connectivity index (χ0n) is 6.59. The topological polar surface area (TPSA) is 17.1 Å². The van der Waals surface area contributed by atoms with Crippen molar-refractivity contribution in [3.05, 3.63) is 19.8 Å². The molecule has 1 unspecified atom stereocenters. The average molecular weight is 292 g/mol. The van der Waals surface area contributed by atoms with E-state index in [1.165, 1.54) is 0 Å². The van der Waals surface area contributed by atoms with Crippen LogP contribution >= 0.6 is 20.4 Å². The van der Waals surface area contributed by atoms with E-state index in [0.29, 0.717) is 0 Å². The Morgan fingerprint density at radius 1 is 1.50 bits per heavy atom. The summed E-state index contributed by atoms with van der Waals surface area (Å²) < 4.78 is 9.82. The fraction of sp³-hybridized carbons (Fsp3) is 0.400. The molecule has 5 heteroatoms. The van der Waals surface area contributed by atoms with Gasteiger partial charge in [-0.05, 0) is 12.9 Å². The Labute approximate surface area is 108 Å². The predicted octanol–water partition coefficient (Wildman–Crippen LogP) is 2.11. The molecule has 0 saturated carbocycles. The van der Waals surface area contributed by atoms with Crippen molar-refractivity contribution in [1.29, 1.82) is 0 Å². The minimum Gasteiger partial charge on any atom is -0.437 e. The van der Waals surface area contributed by atoms with Crippen LogP contribution in [0.15, 0.2) is 6.58 Å². The van der Waals surface area contributed by atoms with Crippen LogP contribution < -0.4 is 0 Å². The second-order valence-electron chi connectivity index (χ2n) is 0.733. The quantitative estimate of drug-likeness (QED) is 0.445. The molecule has 10 heavy (non-hydrogen) atoms. The minimum atomic E-state index is -1.49. The second-order valence-corrected chi connectivity index (χ2v) is 2.20. The zero-order valence-corrected chi connectivity index (χ0v) is 12.7. The largest absolute Gasteiger partial charge is 0.437 e. The molecule has 0 saturated heterocycles. The molecular formula is C5H13OPSVY-2. The van der Waals surface area contributed by atoms with Gasteiger partial charge in [-0.15, -0.1) is 0 Å². The molecule has 60 valence electrons. The molecule has 0 aliphatic carbocycles. The van der Waals surface area contributed by atoms with Gasteiger partial charge in [0, 0.05) is 51.3 Å². The molecule has 0 aromatic rings. The van der Waals surface area contributed by atoms with Gasteiger partial charge in [0.1, 0.15) is 0 Å². The summed E-state index contributed by atoms with van der Waals surface area (Å²) in [4.78, 5) is 0. The maximum Gasteiger partial charge on any atom is 0 e. The number of rotatable bonds is 1. The Hall–Kier alpha value is 2.01. The summed E-state index contributed by atoms with van der Waals surface area (Å²) in [5.41, 5.74) is 0. The Morgan fingerprint density at radius 3 is 1.60 bits per heavy atom. The summed E-state index contributed by atoms with van der Waals surface area (Å²) in [5, 5.41) is 0. The van der Waals surface area contributed by atoms with Crippen molar-refractivity contribution in [3.63, 3.8) is 0 Å². The summed E-state index contributed by atoms with van der Waals surface area (Å²) in [6, 6.07) is 0. The van der Waals surface area contributed by atoms with Crippen molar-refractivity contribution in [1.82, 2.24) is 0 Å². The Kier molecular flexibility index (Phi) is 90.5. The van der Waals surface area contributed by atoms with E-state index in [0.717, 1.165) is 0 Å². The Balaban J connectivity index is -0.0000000154. The van der Waals surface area contributed by atoms with Crippen LogP contribution in [0.2, 0.25) is 0 Å². The van der Waals surface area contributed by atoms with Gasteiger partial charge in [0.25, 0.3) is 0 Å². The normalized spacial score (nSPS) is 7.50. The molecule has 0 aliphatic heterocycles. The van der Waals surface area contributed by atoms with Gasteiger partial charge in [-0.1, -0.05) is 7.80 Å². The van der Waals surface area contributed by atoms with Gasteiger partial charge in [0.05, 0.1) is 0 Å². The van der Waals surface area contributed by atoms with Gasteiger partial charge in [0.2, 0.25) is 0 Å². The number of hydrogen-bond donors (Lipinski definition) is 1. The molecule has 0 aliphatic rings. The SMILES string of the molecule is C=[C-][PH](C)=O.CS.[CH3-].[V].[Y]. The molecule has 2 radical (unpaired) electrons. The summed E-state index contributed by atoms with van der Waals surface area (Å²) >= 11 is 3.53. The van der Waals surface area contributed by atoms with E-state index in [1.807, 2.05) is 0 Å². The van der Waals surface area contributed by atoms with E-state index in [1.54, 1.807) is 12.9 Å². The van der Waals surface area contributed by atoms with Gasteiger partial charge in [-0.25, -0.2) is 0 Å². The van der Waals surface area contributed by atoms with Gasteiger partial charge >= 0.3 is 0 Å². The van der Waals surface area contributed by atoms with E-state index < -0.39 is 7.80 Å². The van der Waals surface area contributed by atoms with Gasteiger partial charge in [0.15, 0.2) is 0 Å². The van der Waals surface area contributed by atoms with Crippen LogP contribution in [0, 0.1) is 13.2 Å². The molecule has 0 N–H and O–H groups in total. The molecule has 1 nitrogen and oxygen atoms in total. The Morgan fingerprint density at radius 2 is 1.60 bits per heavy atom. The molecule has 0 aromatic heterocycles. The standard InChI is InChI=1S/C3H6OP.CH4S.CH3.V.Y/c1-3-5(2)4;1-2;;;/h5H,1H2,2H3;2H,1H3;1H3;;/q-1;;-1;;. The predicted molar refractivity (Wildman–Crippen MR) is 45.1 cm³/mol. The molecule has 1 atom stereocenters. The second kappa shape index (κ2) is 30.5. The van der Waals surface area contributed by atoms with Crippen molar-refractivity contribution in [2.24, 2.45) is 0 Å². The summed E-state index contributed by atoms with van der Waals surface area (Å²) in [5.74, 6) is 2.32. The smallest absolute Gasteiger partial charge is 0 e. The molecule has 0 heterocycles. The summed E-state index contributed by atoms with van der Waals surface area (Å²) in [7, 11) is -1.49. The molecule has 0 fully saturated rings. The fourth-order valence-corrected chi connectivity index (χ4v) is 0. The van der Waals surface area contributed by atoms with Gasteiger partial charge < -0.3 is 17.8 Å². The van der Waals surface area contributed by atoms with Crippen molar-refractivity contribution in [2.45, 2.75) is 0 Å². The third kappa shape index (κ3) is 50.6. The van der Waals surface area contributed by atoms with Crippen LogP contribution in [0.25, 0.3) is 0 Å².